The number of hydrogen-bond acceptors (Lipinski definition) is 8. The van der Waals surface area contributed by atoms with Gasteiger partial charge in [0.2, 0.25) is 10.0 Å². The molecule has 0 aliphatic carbocycles. The van der Waals surface area contributed by atoms with Gasteiger partial charge in [0.15, 0.2) is 0 Å². The standard InChI is InChI=1S/C35H52N6O6S/c1-25(2)41-31-9-5-4-8-26(31)22-30(34(41)43)33(42)36-27-23-28-11-12-29(24-27)40(28)13-7-21-48(45,46)37(3)14-15-38-16-18-39(19-17-38)35(44)32-10-6-20-47-32/h4-5,8-9,22,25,27-29,32H,6-7,10-21,23-24H2,1-3H3,(H,36,42)/t27?,28-,29+,32?. The Morgan fingerprint density at radius 2 is 1.73 bits per heavy atom. The minimum Gasteiger partial charge on any atom is -0.368 e. The Bertz CT molecular complexity index is 1620. The maximum Gasteiger partial charge on any atom is 0.264 e. The number of amides is 2. The van der Waals surface area contributed by atoms with Crippen LogP contribution in [0.1, 0.15) is 75.2 Å². The summed E-state index contributed by atoms with van der Waals surface area (Å²) in [6, 6.07) is 9.87. The molecule has 0 spiro atoms. The highest BCUT2D eigenvalue weighted by Gasteiger charge is 2.41. The van der Waals surface area contributed by atoms with E-state index in [-0.39, 0.29) is 46.9 Å². The van der Waals surface area contributed by atoms with Crippen LogP contribution in [0.4, 0.5) is 0 Å². The van der Waals surface area contributed by atoms with Crippen LogP contribution in [0.3, 0.4) is 0 Å². The monoisotopic (exact) mass is 684 g/mol. The third kappa shape index (κ3) is 7.65. The highest BCUT2D eigenvalue weighted by atomic mass is 32.2. The van der Waals surface area contributed by atoms with Gasteiger partial charge in [-0.2, -0.15) is 0 Å². The van der Waals surface area contributed by atoms with Crippen LogP contribution in [0.15, 0.2) is 35.1 Å². The molecule has 2 unspecified atom stereocenters. The molecule has 1 aromatic heterocycles. The lowest BCUT2D eigenvalue weighted by Crippen LogP contribution is -2.52. The zero-order valence-electron chi connectivity index (χ0n) is 28.7. The molecule has 264 valence electrons. The van der Waals surface area contributed by atoms with Gasteiger partial charge in [-0.05, 0) is 82.9 Å². The van der Waals surface area contributed by atoms with Crippen molar-refractivity contribution in [1.29, 1.82) is 0 Å². The fourth-order valence-corrected chi connectivity index (χ4v) is 9.32. The number of benzene rings is 1. The molecular formula is C35H52N6O6S. The molecule has 4 aliphatic heterocycles. The van der Waals surface area contributed by atoms with Gasteiger partial charge in [-0.15, -0.1) is 0 Å². The lowest BCUT2D eigenvalue weighted by molar-refractivity contribution is -0.142. The van der Waals surface area contributed by atoms with Crippen molar-refractivity contribution < 1.29 is 22.7 Å². The predicted octanol–water partition coefficient (Wildman–Crippen LogP) is 2.28. The van der Waals surface area contributed by atoms with Gasteiger partial charge < -0.3 is 19.5 Å². The molecule has 4 saturated heterocycles. The van der Waals surface area contributed by atoms with Crippen LogP contribution in [0.5, 0.6) is 0 Å². The Labute approximate surface area is 284 Å². The molecule has 2 bridgehead atoms. The molecule has 12 nitrogen and oxygen atoms in total. The van der Waals surface area contributed by atoms with Gasteiger partial charge in [0, 0.05) is 77.1 Å². The second-order valence-electron chi connectivity index (χ2n) is 14.3. The first-order valence-corrected chi connectivity index (χ1v) is 19.4. The molecule has 4 atom stereocenters. The summed E-state index contributed by atoms with van der Waals surface area (Å²) >= 11 is 0. The van der Waals surface area contributed by atoms with Crippen molar-refractivity contribution in [2.24, 2.45) is 0 Å². The second-order valence-corrected chi connectivity index (χ2v) is 16.5. The van der Waals surface area contributed by atoms with E-state index in [1.807, 2.05) is 43.0 Å². The molecule has 0 radical (unpaired) electrons. The number of ether oxygens (including phenoxy) is 1. The molecule has 1 N–H and O–H groups in total. The van der Waals surface area contributed by atoms with Crippen molar-refractivity contribution in [2.75, 3.05) is 65.2 Å². The first kappa shape index (κ1) is 35.0. The van der Waals surface area contributed by atoms with Crippen molar-refractivity contribution >= 4 is 32.7 Å². The number of nitrogens with zero attached hydrogens (tertiary/aromatic N) is 5. The average molecular weight is 685 g/mol. The Hall–Kier alpha value is -2.84. The smallest absolute Gasteiger partial charge is 0.264 e. The van der Waals surface area contributed by atoms with Crippen LogP contribution in [-0.4, -0.2) is 133 Å². The Morgan fingerprint density at radius 1 is 1.02 bits per heavy atom. The number of nitrogens with one attached hydrogen (secondary N) is 1. The SMILES string of the molecule is CC(C)n1c(=O)c(C(=O)NC2C[C@H]3CC[C@@H](C2)N3CCCS(=O)(=O)N(C)CCN2CCN(C(=O)C3CCCO3)CC2)cc2ccccc21. The van der Waals surface area contributed by atoms with Crippen molar-refractivity contribution in [2.45, 2.75) is 89.1 Å². The number of carbonyl (C=O) groups excluding carboxylic acids is 2. The number of rotatable bonds is 12. The molecule has 5 heterocycles. The van der Waals surface area contributed by atoms with E-state index in [1.165, 1.54) is 4.31 Å². The van der Waals surface area contributed by atoms with Crippen LogP contribution >= 0.6 is 0 Å². The van der Waals surface area contributed by atoms with E-state index in [0.717, 1.165) is 62.5 Å². The predicted molar refractivity (Wildman–Crippen MR) is 186 cm³/mol. The van der Waals surface area contributed by atoms with Gasteiger partial charge in [0.25, 0.3) is 17.4 Å². The third-order valence-corrected chi connectivity index (χ3v) is 12.8. The summed E-state index contributed by atoms with van der Waals surface area (Å²) < 4.78 is 35.0. The molecular weight excluding hydrogens is 632 g/mol. The van der Waals surface area contributed by atoms with Crippen LogP contribution < -0.4 is 10.9 Å². The van der Waals surface area contributed by atoms with Crippen LogP contribution in [0, 0.1) is 0 Å². The number of aromatic nitrogens is 1. The van der Waals surface area contributed by atoms with Crippen molar-refractivity contribution in [3.63, 3.8) is 0 Å². The molecule has 0 saturated carbocycles. The van der Waals surface area contributed by atoms with E-state index in [1.54, 1.807) is 17.7 Å². The molecule has 4 aliphatic rings. The van der Waals surface area contributed by atoms with Gasteiger partial charge in [0.05, 0.1) is 11.3 Å². The summed E-state index contributed by atoms with van der Waals surface area (Å²) in [7, 11) is -1.73. The van der Waals surface area contributed by atoms with Gasteiger partial charge in [0.1, 0.15) is 11.7 Å². The number of piperazine rings is 1. The largest absolute Gasteiger partial charge is 0.368 e. The fraction of sp³-hybridized carbons (Fsp3) is 0.686. The van der Waals surface area contributed by atoms with E-state index >= 15 is 0 Å². The van der Waals surface area contributed by atoms with Gasteiger partial charge in [-0.3, -0.25) is 24.2 Å². The first-order valence-electron chi connectivity index (χ1n) is 17.8. The van der Waals surface area contributed by atoms with Crippen molar-refractivity contribution in [3.05, 3.63) is 46.2 Å². The molecule has 6 rings (SSSR count). The number of para-hydroxylation sites is 1. The molecule has 1 aromatic carbocycles. The molecule has 2 aromatic rings. The van der Waals surface area contributed by atoms with Crippen molar-refractivity contribution in [3.8, 4) is 0 Å². The van der Waals surface area contributed by atoms with E-state index < -0.39 is 10.0 Å². The second kappa shape index (κ2) is 15.0. The molecule has 13 heteroatoms. The average Bonchev–Trinajstić information content (AvgIpc) is 3.69. The Morgan fingerprint density at radius 3 is 2.40 bits per heavy atom. The number of pyridine rings is 1. The summed E-state index contributed by atoms with van der Waals surface area (Å²) in [5.74, 6) is -0.124. The van der Waals surface area contributed by atoms with E-state index in [0.29, 0.717) is 57.8 Å². The fourth-order valence-electron chi connectivity index (χ4n) is 8.16. The zero-order chi connectivity index (χ0) is 34.0. The maximum absolute atomic E-state index is 13.4. The summed E-state index contributed by atoms with van der Waals surface area (Å²) in [4.78, 5) is 46.0. The summed E-state index contributed by atoms with van der Waals surface area (Å²) in [6.45, 7) is 9.14. The summed E-state index contributed by atoms with van der Waals surface area (Å²) in [5, 5.41) is 4.04. The maximum atomic E-state index is 13.4. The molecule has 48 heavy (non-hydrogen) atoms. The summed E-state index contributed by atoms with van der Waals surface area (Å²) in [6.07, 6.45) is 5.68. The highest BCUT2D eigenvalue weighted by molar-refractivity contribution is 7.89. The minimum atomic E-state index is -3.39. The highest BCUT2D eigenvalue weighted by Crippen LogP contribution is 2.36. The van der Waals surface area contributed by atoms with E-state index in [2.05, 4.69) is 15.1 Å². The molecule has 2 amide bonds. The van der Waals surface area contributed by atoms with Gasteiger partial charge in [-0.1, -0.05) is 18.2 Å². The quantitative estimate of drug-likeness (QED) is 0.362. The normalized spacial score (nSPS) is 25.4. The third-order valence-electron chi connectivity index (χ3n) is 10.8. The topological polar surface area (TPSA) is 124 Å². The number of likely N-dealkylation sites (N-methyl/N-ethyl adjacent to an activating group) is 1. The minimum absolute atomic E-state index is 0.0180. The number of fused-ring (bicyclic) bond motifs is 3. The van der Waals surface area contributed by atoms with Crippen LogP contribution in [-0.2, 0) is 19.6 Å². The van der Waals surface area contributed by atoms with Crippen molar-refractivity contribution in [1.82, 2.24) is 28.9 Å². The van der Waals surface area contributed by atoms with E-state index in [9.17, 15) is 22.8 Å². The van der Waals surface area contributed by atoms with Crippen LogP contribution in [0.25, 0.3) is 10.9 Å². The van der Waals surface area contributed by atoms with Gasteiger partial charge in [-0.25, -0.2) is 12.7 Å². The number of carbonyl (C=O) groups is 2. The molecule has 4 fully saturated rings. The Kier molecular flexibility index (Phi) is 10.9. The lowest BCUT2D eigenvalue weighted by Gasteiger charge is -2.39. The van der Waals surface area contributed by atoms with E-state index in [4.69, 9.17) is 4.74 Å². The summed E-state index contributed by atoms with van der Waals surface area (Å²) in [5.41, 5.74) is 0.738. The number of sulfonamides is 1. The zero-order valence-corrected chi connectivity index (χ0v) is 29.5. The Balaban J connectivity index is 0.946. The number of piperidine rings is 1. The van der Waals surface area contributed by atoms with Gasteiger partial charge >= 0.3 is 0 Å². The lowest BCUT2D eigenvalue weighted by atomic mass is 9.96. The van der Waals surface area contributed by atoms with Crippen LogP contribution in [0.2, 0.25) is 0 Å². The number of hydrogen-bond donors (Lipinski definition) is 1. The first-order chi connectivity index (χ1) is 23.0.